The van der Waals surface area contributed by atoms with Crippen molar-refractivity contribution in [1.29, 1.82) is 0 Å². The zero-order valence-corrected chi connectivity index (χ0v) is 18.4. The van der Waals surface area contributed by atoms with E-state index in [0.717, 1.165) is 43.4 Å². The van der Waals surface area contributed by atoms with E-state index in [2.05, 4.69) is 66.7 Å². The molecule has 1 N–H and O–H groups in total. The normalized spacial score (nSPS) is 16.0. The minimum Gasteiger partial charge on any atom is -0.321 e. The number of hydrogen-bond acceptors (Lipinski definition) is 1. The number of nitrogens with one attached hydrogen (secondary N) is 1. The van der Waals surface area contributed by atoms with Crippen LogP contribution >= 0.6 is 0 Å². The molecule has 0 aromatic heterocycles. The summed E-state index contributed by atoms with van der Waals surface area (Å²) in [5, 5.41) is 0. The van der Waals surface area contributed by atoms with E-state index >= 15 is 0 Å². The first-order valence-corrected chi connectivity index (χ1v) is 10.7. The molecule has 2 atom stereocenters. The second kappa shape index (κ2) is 10.1. The lowest BCUT2D eigenvalue weighted by Gasteiger charge is -2.36. The van der Waals surface area contributed by atoms with Gasteiger partial charge in [0, 0.05) is 6.04 Å². The van der Waals surface area contributed by atoms with Crippen molar-refractivity contribution < 1.29 is 8.69 Å². The van der Waals surface area contributed by atoms with Crippen LogP contribution in [0.5, 0.6) is 0 Å². The average molecular weight is 360 g/mol. The molecule has 0 radical (unpaired) electrons. The monoisotopic (exact) mass is 359 g/mol. The number of rotatable bonds is 12. The third-order valence-corrected chi connectivity index (χ3v) is 6.66. The van der Waals surface area contributed by atoms with Crippen LogP contribution in [0.15, 0.2) is 12.7 Å². The molecule has 0 bridgehead atoms. The smallest absolute Gasteiger partial charge is 0.0975 e. The Kier molecular flexibility index (Phi) is 10.00. The van der Waals surface area contributed by atoms with Crippen molar-refractivity contribution in [2.45, 2.75) is 85.4 Å². The molecular weight excluding hydrogens is 316 g/mol. The SMILES string of the molecule is C=CC[N+](CC)(CC)CCCC(C)NS(=O)C(C)(C)CC(C)(C)C. The number of hydrogen-bond donors (Lipinski definition) is 1. The molecule has 0 spiro atoms. The maximum atomic E-state index is 12.7. The van der Waals surface area contributed by atoms with E-state index in [-0.39, 0.29) is 16.2 Å². The van der Waals surface area contributed by atoms with E-state index in [1.54, 1.807) is 0 Å². The highest BCUT2D eigenvalue weighted by Gasteiger charge is 2.32. The second-order valence-electron chi connectivity index (χ2n) is 9.10. The standard InChI is InChI=1S/C20H43N2OS/c1-10-15-22(11-2,12-3)16-13-14-18(4)21-24(23)20(8,9)17-19(5,6)7/h10,18,21H,1,11-17H2,2-9H3/q+1. The summed E-state index contributed by atoms with van der Waals surface area (Å²) < 4.78 is 17.0. The van der Waals surface area contributed by atoms with Crippen LogP contribution in [0, 0.1) is 5.41 Å². The van der Waals surface area contributed by atoms with Gasteiger partial charge in [0.15, 0.2) is 0 Å². The molecule has 144 valence electrons. The molecule has 4 heteroatoms. The fraction of sp³-hybridized carbons (Fsp3) is 0.900. The van der Waals surface area contributed by atoms with E-state index < -0.39 is 11.0 Å². The highest BCUT2D eigenvalue weighted by molar-refractivity contribution is 7.84. The van der Waals surface area contributed by atoms with Crippen LogP contribution in [-0.2, 0) is 11.0 Å². The van der Waals surface area contributed by atoms with Crippen LogP contribution < -0.4 is 4.72 Å². The largest absolute Gasteiger partial charge is 0.321 e. The molecule has 0 rings (SSSR count). The lowest BCUT2D eigenvalue weighted by atomic mass is 9.86. The maximum Gasteiger partial charge on any atom is 0.0975 e. The van der Waals surface area contributed by atoms with E-state index in [9.17, 15) is 4.21 Å². The Morgan fingerprint density at radius 2 is 1.71 bits per heavy atom. The molecule has 0 saturated carbocycles. The Bertz CT molecular complexity index is 395. The molecule has 0 heterocycles. The Hall–Kier alpha value is -0.190. The molecular formula is C20H43N2OS+. The number of nitrogens with zero attached hydrogens (tertiary/aromatic N) is 1. The van der Waals surface area contributed by atoms with E-state index in [0.29, 0.717) is 0 Å². The van der Waals surface area contributed by atoms with Gasteiger partial charge < -0.3 is 4.48 Å². The minimum absolute atomic E-state index is 0.189. The van der Waals surface area contributed by atoms with Crippen molar-refractivity contribution in [2.75, 3.05) is 26.2 Å². The predicted molar refractivity (Wildman–Crippen MR) is 109 cm³/mol. The van der Waals surface area contributed by atoms with Gasteiger partial charge in [-0.15, -0.1) is 0 Å². The number of likely N-dealkylation sites (N-methyl/N-ethyl adjacent to an activating group) is 1. The van der Waals surface area contributed by atoms with Gasteiger partial charge in [-0.2, -0.15) is 0 Å². The fourth-order valence-corrected chi connectivity index (χ4v) is 5.01. The topological polar surface area (TPSA) is 29.1 Å². The number of quaternary nitrogens is 1. The molecule has 0 saturated heterocycles. The van der Waals surface area contributed by atoms with Crippen LogP contribution in [0.2, 0.25) is 0 Å². The van der Waals surface area contributed by atoms with Gasteiger partial charge in [-0.25, -0.2) is 8.93 Å². The van der Waals surface area contributed by atoms with E-state index in [4.69, 9.17) is 0 Å². The van der Waals surface area contributed by atoms with Crippen molar-refractivity contribution in [3.8, 4) is 0 Å². The molecule has 0 aromatic carbocycles. The van der Waals surface area contributed by atoms with Crippen molar-refractivity contribution in [1.82, 2.24) is 4.72 Å². The summed E-state index contributed by atoms with van der Waals surface area (Å²) in [5.41, 5.74) is 0.189. The summed E-state index contributed by atoms with van der Waals surface area (Å²) in [6.45, 7) is 25.9. The summed E-state index contributed by atoms with van der Waals surface area (Å²) in [6, 6.07) is 0.282. The van der Waals surface area contributed by atoms with Gasteiger partial charge >= 0.3 is 0 Å². The van der Waals surface area contributed by atoms with Crippen LogP contribution in [-0.4, -0.2) is 45.7 Å². The van der Waals surface area contributed by atoms with Gasteiger partial charge in [0.25, 0.3) is 0 Å². The summed E-state index contributed by atoms with van der Waals surface area (Å²) in [5.74, 6) is 0. The predicted octanol–water partition coefficient (Wildman–Crippen LogP) is 4.67. The summed E-state index contributed by atoms with van der Waals surface area (Å²) in [4.78, 5) is 0. The molecule has 3 nitrogen and oxygen atoms in total. The lowest BCUT2D eigenvalue weighted by Crippen LogP contribution is -2.49. The van der Waals surface area contributed by atoms with Gasteiger partial charge in [0.2, 0.25) is 0 Å². The van der Waals surface area contributed by atoms with Crippen molar-refractivity contribution in [2.24, 2.45) is 5.41 Å². The summed E-state index contributed by atoms with van der Waals surface area (Å²) in [6.07, 6.45) is 5.20. The minimum atomic E-state index is -1.01. The first kappa shape index (κ1) is 23.8. The molecule has 0 aromatic rings. The zero-order chi connectivity index (χ0) is 19.0. The first-order valence-electron chi connectivity index (χ1n) is 9.55. The lowest BCUT2D eigenvalue weighted by molar-refractivity contribution is -0.919. The molecule has 0 fully saturated rings. The second-order valence-corrected chi connectivity index (χ2v) is 11.0. The quantitative estimate of drug-likeness (QED) is 0.398. The van der Waals surface area contributed by atoms with Gasteiger partial charge in [-0.05, 0) is 65.4 Å². The van der Waals surface area contributed by atoms with Crippen LogP contribution in [0.4, 0.5) is 0 Å². The third-order valence-electron chi connectivity index (χ3n) is 4.89. The zero-order valence-electron chi connectivity index (χ0n) is 17.6. The Morgan fingerprint density at radius 3 is 2.12 bits per heavy atom. The highest BCUT2D eigenvalue weighted by atomic mass is 32.2. The van der Waals surface area contributed by atoms with Crippen LogP contribution in [0.25, 0.3) is 0 Å². The molecule has 2 unspecified atom stereocenters. The molecule has 0 aliphatic heterocycles. The van der Waals surface area contributed by atoms with Gasteiger partial charge in [-0.1, -0.05) is 27.4 Å². The average Bonchev–Trinajstić information content (AvgIpc) is 2.43. The van der Waals surface area contributed by atoms with Crippen molar-refractivity contribution in [3.05, 3.63) is 12.7 Å². The Labute approximate surface area is 154 Å². The highest BCUT2D eigenvalue weighted by Crippen LogP contribution is 2.30. The van der Waals surface area contributed by atoms with Crippen LogP contribution in [0.1, 0.15) is 74.7 Å². The van der Waals surface area contributed by atoms with E-state index in [1.165, 1.54) is 6.54 Å². The Morgan fingerprint density at radius 1 is 1.17 bits per heavy atom. The van der Waals surface area contributed by atoms with Gasteiger partial charge in [0.1, 0.15) is 0 Å². The van der Waals surface area contributed by atoms with Crippen LogP contribution in [0.3, 0.4) is 0 Å². The Balaban J connectivity index is 4.46. The molecule has 0 aliphatic rings. The molecule has 0 aliphatic carbocycles. The molecule has 0 amide bonds. The van der Waals surface area contributed by atoms with Gasteiger partial charge in [-0.3, -0.25) is 0 Å². The first-order chi connectivity index (χ1) is 10.9. The molecule has 24 heavy (non-hydrogen) atoms. The van der Waals surface area contributed by atoms with Crippen molar-refractivity contribution in [3.63, 3.8) is 0 Å². The van der Waals surface area contributed by atoms with E-state index in [1.807, 2.05) is 6.08 Å². The third kappa shape index (κ3) is 8.77. The fourth-order valence-electron chi connectivity index (χ4n) is 3.64. The summed E-state index contributed by atoms with van der Waals surface area (Å²) >= 11 is 0. The van der Waals surface area contributed by atoms with Gasteiger partial charge in [0.05, 0.1) is 41.9 Å². The van der Waals surface area contributed by atoms with Crippen molar-refractivity contribution >= 4 is 11.0 Å². The summed E-state index contributed by atoms with van der Waals surface area (Å²) in [7, 11) is -1.01. The maximum absolute atomic E-state index is 12.7.